The molecule has 0 bridgehead atoms. The summed E-state index contributed by atoms with van der Waals surface area (Å²) in [5.74, 6) is -0.510. The maximum atomic E-state index is 13.6. The van der Waals surface area contributed by atoms with E-state index < -0.39 is 5.82 Å². The number of nitrogens with one attached hydrogen (secondary N) is 1. The van der Waals surface area contributed by atoms with Crippen LogP contribution in [0, 0.1) is 5.82 Å². The van der Waals surface area contributed by atoms with Gasteiger partial charge in [-0.1, -0.05) is 6.42 Å². The van der Waals surface area contributed by atoms with Crippen LogP contribution in [0.4, 0.5) is 4.39 Å². The van der Waals surface area contributed by atoms with Gasteiger partial charge >= 0.3 is 0 Å². The molecule has 1 aliphatic heterocycles. The Morgan fingerprint density at radius 1 is 1.48 bits per heavy atom. The molecule has 1 aromatic carbocycles. The molecule has 1 aromatic rings. The van der Waals surface area contributed by atoms with E-state index in [0.717, 1.165) is 13.0 Å². The normalized spacial score (nSPS) is 18.8. The Morgan fingerprint density at radius 2 is 2.24 bits per heavy atom. The zero-order valence-electron chi connectivity index (χ0n) is 12.5. The molecule has 0 saturated carbocycles. The van der Waals surface area contributed by atoms with Gasteiger partial charge < -0.3 is 10.2 Å². The molecule has 0 radical (unpaired) electrons. The Labute approximate surface area is 134 Å². The first-order valence-corrected chi connectivity index (χ1v) is 8.27. The third-order valence-corrected chi connectivity index (χ3v) is 4.52. The van der Waals surface area contributed by atoms with Crippen molar-refractivity contribution in [3.8, 4) is 0 Å². The Balaban J connectivity index is 2.12. The van der Waals surface area contributed by atoms with E-state index in [9.17, 15) is 9.18 Å². The number of amides is 1. The lowest BCUT2D eigenvalue weighted by atomic mass is 10.0. The van der Waals surface area contributed by atoms with E-state index in [0.29, 0.717) is 22.6 Å². The van der Waals surface area contributed by atoms with Crippen LogP contribution >= 0.6 is 15.9 Å². The maximum Gasteiger partial charge on any atom is 0.254 e. The summed E-state index contributed by atoms with van der Waals surface area (Å²) in [5, 5.41) is 3.46. The van der Waals surface area contributed by atoms with Gasteiger partial charge in [-0.05, 0) is 67.4 Å². The third kappa shape index (κ3) is 4.27. The highest BCUT2D eigenvalue weighted by Gasteiger charge is 2.24. The van der Waals surface area contributed by atoms with E-state index in [2.05, 4.69) is 21.2 Å². The van der Waals surface area contributed by atoms with Gasteiger partial charge in [-0.2, -0.15) is 0 Å². The summed E-state index contributed by atoms with van der Waals surface area (Å²) in [7, 11) is 0. The Bertz CT molecular complexity index is 501. The first-order chi connectivity index (χ1) is 9.99. The SMILES string of the molecule is CC(C)N(CC1CCCCN1)C(=O)c1ccc(Br)c(F)c1. The highest BCUT2D eigenvalue weighted by molar-refractivity contribution is 9.10. The molecule has 2 rings (SSSR count). The molecule has 1 atom stereocenters. The molecule has 1 heterocycles. The van der Waals surface area contributed by atoms with Crippen molar-refractivity contribution in [3.05, 3.63) is 34.1 Å². The van der Waals surface area contributed by atoms with Crippen molar-refractivity contribution in [2.24, 2.45) is 0 Å². The quantitative estimate of drug-likeness (QED) is 0.893. The fraction of sp³-hybridized carbons (Fsp3) is 0.562. The fourth-order valence-electron chi connectivity index (χ4n) is 2.64. The van der Waals surface area contributed by atoms with Crippen molar-refractivity contribution in [1.82, 2.24) is 10.2 Å². The molecule has 1 saturated heterocycles. The van der Waals surface area contributed by atoms with Gasteiger partial charge in [0.25, 0.3) is 5.91 Å². The van der Waals surface area contributed by atoms with E-state index in [1.165, 1.54) is 18.9 Å². The molecule has 1 N–H and O–H groups in total. The number of hydrogen-bond acceptors (Lipinski definition) is 2. The van der Waals surface area contributed by atoms with E-state index in [1.54, 1.807) is 12.1 Å². The predicted octanol–water partition coefficient (Wildman–Crippen LogP) is 3.58. The molecule has 5 heteroatoms. The number of piperidine rings is 1. The zero-order chi connectivity index (χ0) is 15.4. The standard InChI is InChI=1S/C16H22BrFN2O/c1-11(2)20(10-13-5-3-4-8-19-13)16(21)12-6-7-14(17)15(18)9-12/h6-7,9,11,13,19H,3-5,8,10H2,1-2H3. The summed E-state index contributed by atoms with van der Waals surface area (Å²) in [5.41, 5.74) is 0.403. The minimum Gasteiger partial charge on any atom is -0.335 e. The highest BCUT2D eigenvalue weighted by Crippen LogP contribution is 2.19. The Hall–Kier alpha value is -0.940. The van der Waals surface area contributed by atoms with Crippen molar-refractivity contribution in [3.63, 3.8) is 0 Å². The van der Waals surface area contributed by atoms with Gasteiger partial charge in [-0.3, -0.25) is 4.79 Å². The van der Waals surface area contributed by atoms with Crippen LogP contribution in [0.2, 0.25) is 0 Å². The van der Waals surface area contributed by atoms with Crippen LogP contribution in [0.15, 0.2) is 22.7 Å². The summed E-state index contributed by atoms with van der Waals surface area (Å²) >= 11 is 3.11. The van der Waals surface area contributed by atoms with E-state index in [4.69, 9.17) is 0 Å². The third-order valence-electron chi connectivity index (χ3n) is 3.88. The van der Waals surface area contributed by atoms with Gasteiger partial charge in [0.05, 0.1) is 4.47 Å². The number of nitrogens with zero attached hydrogens (tertiary/aromatic N) is 1. The molecule has 1 amide bonds. The highest BCUT2D eigenvalue weighted by atomic mass is 79.9. The summed E-state index contributed by atoms with van der Waals surface area (Å²) in [6.07, 6.45) is 3.49. The fourth-order valence-corrected chi connectivity index (χ4v) is 2.89. The van der Waals surface area contributed by atoms with Gasteiger partial charge in [-0.25, -0.2) is 4.39 Å². The minimum absolute atomic E-state index is 0.0907. The number of benzene rings is 1. The van der Waals surface area contributed by atoms with E-state index in [1.807, 2.05) is 18.7 Å². The number of rotatable bonds is 4. The molecule has 0 aromatic heterocycles. The Morgan fingerprint density at radius 3 is 2.81 bits per heavy atom. The number of halogens is 2. The monoisotopic (exact) mass is 356 g/mol. The number of hydrogen-bond donors (Lipinski definition) is 1. The van der Waals surface area contributed by atoms with Crippen molar-refractivity contribution >= 4 is 21.8 Å². The lowest BCUT2D eigenvalue weighted by Crippen LogP contribution is -2.48. The van der Waals surface area contributed by atoms with Crippen LogP contribution in [0.3, 0.4) is 0 Å². The second-order valence-electron chi connectivity index (χ2n) is 5.83. The molecule has 116 valence electrons. The van der Waals surface area contributed by atoms with Gasteiger partial charge in [0.2, 0.25) is 0 Å². The van der Waals surface area contributed by atoms with Gasteiger partial charge in [0.1, 0.15) is 5.82 Å². The van der Waals surface area contributed by atoms with Crippen molar-refractivity contribution in [2.75, 3.05) is 13.1 Å². The number of carbonyl (C=O) groups excluding carboxylic acids is 1. The molecule has 0 spiro atoms. The Kier molecular flexibility index (Phi) is 5.76. The first-order valence-electron chi connectivity index (χ1n) is 7.48. The maximum absolute atomic E-state index is 13.6. The largest absolute Gasteiger partial charge is 0.335 e. The second-order valence-corrected chi connectivity index (χ2v) is 6.68. The van der Waals surface area contributed by atoms with Gasteiger partial charge in [0.15, 0.2) is 0 Å². The average Bonchev–Trinajstić information content (AvgIpc) is 2.47. The van der Waals surface area contributed by atoms with Crippen molar-refractivity contribution in [2.45, 2.75) is 45.2 Å². The second kappa shape index (κ2) is 7.36. The van der Waals surface area contributed by atoms with Crippen LogP contribution < -0.4 is 5.32 Å². The van der Waals surface area contributed by atoms with Gasteiger partial charge in [-0.15, -0.1) is 0 Å². The lowest BCUT2D eigenvalue weighted by Gasteiger charge is -2.33. The average molecular weight is 357 g/mol. The molecule has 21 heavy (non-hydrogen) atoms. The van der Waals surface area contributed by atoms with Crippen molar-refractivity contribution in [1.29, 1.82) is 0 Å². The first kappa shape index (κ1) is 16.4. The van der Waals surface area contributed by atoms with Crippen molar-refractivity contribution < 1.29 is 9.18 Å². The van der Waals surface area contributed by atoms with Crippen LogP contribution in [-0.4, -0.2) is 36.0 Å². The molecule has 3 nitrogen and oxygen atoms in total. The summed E-state index contributed by atoms with van der Waals surface area (Å²) in [4.78, 5) is 14.5. The summed E-state index contributed by atoms with van der Waals surface area (Å²) in [6.45, 7) is 5.68. The van der Waals surface area contributed by atoms with Gasteiger partial charge in [0, 0.05) is 24.2 Å². The molecule has 0 aliphatic carbocycles. The smallest absolute Gasteiger partial charge is 0.254 e. The van der Waals surface area contributed by atoms with Crippen LogP contribution in [0.25, 0.3) is 0 Å². The predicted molar refractivity (Wildman–Crippen MR) is 85.9 cm³/mol. The zero-order valence-corrected chi connectivity index (χ0v) is 14.1. The molecule has 1 aliphatic rings. The number of carbonyl (C=O) groups is 1. The van der Waals surface area contributed by atoms with Crippen LogP contribution in [-0.2, 0) is 0 Å². The molecular weight excluding hydrogens is 335 g/mol. The molecular formula is C16H22BrFN2O. The van der Waals surface area contributed by atoms with Crippen LogP contribution in [0.5, 0.6) is 0 Å². The topological polar surface area (TPSA) is 32.3 Å². The van der Waals surface area contributed by atoms with E-state index >= 15 is 0 Å². The summed E-state index contributed by atoms with van der Waals surface area (Å²) in [6, 6.07) is 4.98. The molecule has 1 fully saturated rings. The van der Waals surface area contributed by atoms with Crippen LogP contribution in [0.1, 0.15) is 43.5 Å². The molecule has 1 unspecified atom stereocenters. The lowest BCUT2D eigenvalue weighted by molar-refractivity contribution is 0.0676. The van der Waals surface area contributed by atoms with E-state index in [-0.39, 0.29) is 11.9 Å². The minimum atomic E-state index is -0.402. The summed E-state index contributed by atoms with van der Waals surface area (Å²) < 4.78 is 14.0.